The van der Waals surface area contributed by atoms with E-state index < -0.39 is 34.3 Å². The van der Waals surface area contributed by atoms with E-state index in [-0.39, 0.29) is 35.6 Å². The summed E-state index contributed by atoms with van der Waals surface area (Å²) in [6.07, 6.45) is 1.86. The number of carbonyl (C=O) groups is 2. The molecule has 0 saturated carbocycles. The van der Waals surface area contributed by atoms with Crippen molar-refractivity contribution in [2.45, 2.75) is 52.2 Å². The van der Waals surface area contributed by atoms with E-state index in [1.807, 2.05) is 13.8 Å². The maximum atomic E-state index is 14.5. The van der Waals surface area contributed by atoms with Crippen molar-refractivity contribution in [1.82, 2.24) is 10.2 Å². The maximum Gasteiger partial charge on any atom is 0.244 e. The van der Waals surface area contributed by atoms with Gasteiger partial charge in [-0.3, -0.25) is 13.9 Å². The van der Waals surface area contributed by atoms with Crippen molar-refractivity contribution >= 4 is 50.7 Å². The van der Waals surface area contributed by atoms with E-state index in [1.54, 1.807) is 25.1 Å². The number of anilines is 1. The first-order valence-electron chi connectivity index (χ1n) is 11.1. The molecule has 2 rings (SSSR count). The summed E-state index contributed by atoms with van der Waals surface area (Å²) in [7, 11) is -4.02. The number of benzene rings is 2. The zero-order valence-electron chi connectivity index (χ0n) is 20.1. The Hall–Kier alpha value is -2.36. The van der Waals surface area contributed by atoms with E-state index >= 15 is 0 Å². The minimum absolute atomic E-state index is 0.0307. The highest BCUT2D eigenvalue weighted by Crippen LogP contribution is 2.25. The van der Waals surface area contributed by atoms with Crippen LogP contribution in [0.25, 0.3) is 0 Å². The summed E-state index contributed by atoms with van der Waals surface area (Å²) >= 11 is 12.1. The molecule has 0 aromatic heterocycles. The average molecular weight is 546 g/mol. The number of hydrogen-bond acceptors (Lipinski definition) is 4. The Kier molecular flexibility index (Phi) is 10.4. The monoisotopic (exact) mass is 545 g/mol. The van der Waals surface area contributed by atoms with Gasteiger partial charge < -0.3 is 10.2 Å². The highest BCUT2D eigenvalue weighted by atomic mass is 35.5. The lowest BCUT2D eigenvalue weighted by molar-refractivity contribution is -0.140. The number of hydrogen-bond donors (Lipinski definition) is 1. The van der Waals surface area contributed by atoms with E-state index in [1.165, 1.54) is 23.1 Å². The Bertz CT molecular complexity index is 1160. The number of sulfonamides is 1. The van der Waals surface area contributed by atoms with Crippen LogP contribution in [-0.2, 0) is 26.2 Å². The Morgan fingerprint density at radius 1 is 1.06 bits per heavy atom. The minimum atomic E-state index is -4.02. The summed E-state index contributed by atoms with van der Waals surface area (Å²) in [6, 6.07) is 9.09. The predicted octanol–water partition coefficient (Wildman–Crippen LogP) is 4.62. The molecule has 11 heteroatoms. The molecule has 35 heavy (non-hydrogen) atoms. The van der Waals surface area contributed by atoms with Gasteiger partial charge in [0.25, 0.3) is 0 Å². The molecule has 2 amide bonds. The second kappa shape index (κ2) is 12.6. The number of nitrogens with zero attached hydrogens (tertiary/aromatic N) is 2. The third-order valence-electron chi connectivity index (χ3n) is 5.52. The van der Waals surface area contributed by atoms with Crippen LogP contribution in [0, 0.1) is 5.82 Å². The molecule has 0 saturated heterocycles. The SMILES string of the molecule is CC[C@H](C)NC(=O)[C@H](CC)N(Cc1ccc(Cl)c(Cl)c1)C(=O)CN(c1ccccc1F)S(C)(=O)=O. The molecule has 0 aliphatic carbocycles. The van der Waals surface area contributed by atoms with Crippen molar-refractivity contribution in [1.29, 1.82) is 0 Å². The molecule has 0 unspecified atom stereocenters. The summed E-state index contributed by atoms with van der Waals surface area (Å²) in [5.41, 5.74) is 0.342. The van der Waals surface area contributed by atoms with E-state index in [4.69, 9.17) is 23.2 Å². The van der Waals surface area contributed by atoms with E-state index in [0.29, 0.717) is 21.3 Å². The lowest BCUT2D eigenvalue weighted by Gasteiger charge is -2.33. The van der Waals surface area contributed by atoms with Crippen LogP contribution in [0.1, 0.15) is 39.2 Å². The van der Waals surface area contributed by atoms with Crippen LogP contribution < -0.4 is 9.62 Å². The molecule has 2 aromatic carbocycles. The van der Waals surface area contributed by atoms with Crippen molar-refractivity contribution in [2.24, 2.45) is 0 Å². The Balaban J connectivity index is 2.48. The number of carbonyl (C=O) groups excluding carboxylic acids is 2. The van der Waals surface area contributed by atoms with Gasteiger partial charge >= 0.3 is 0 Å². The third-order valence-corrected chi connectivity index (χ3v) is 7.39. The van der Waals surface area contributed by atoms with Crippen molar-refractivity contribution in [3.63, 3.8) is 0 Å². The molecule has 2 aromatic rings. The lowest BCUT2D eigenvalue weighted by atomic mass is 10.1. The fraction of sp³-hybridized carbons (Fsp3) is 0.417. The van der Waals surface area contributed by atoms with Crippen LogP contribution in [0.15, 0.2) is 42.5 Å². The van der Waals surface area contributed by atoms with Gasteiger partial charge in [-0.1, -0.05) is 55.2 Å². The van der Waals surface area contributed by atoms with E-state index in [2.05, 4.69) is 5.32 Å². The number of nitrogens with one attached hydrogen (secondary N) is 1. The molecule has 0 radical (unpaired) electrons. The van der Waals surface area contributed by atoms with Crippen LogP contribution in [0.2, 0.25) is 10.0 Å². The zero-order chi connectivity index (χ0) is 26.3. The van der Waals surface area contributed by atoms with Crippen LogP contribution in [0.3, 0.4) is 0 Å². The summed E-state index contributed by atoms with van der Waals surface area (Å²) < 4.78 is 40.2. The van der Waals surface area contributed by atoms with E-state index in [9.17, 15) is 22.4 Å². The molecular weight excluding hydrogens is 516 g/mol. The van der Waals surface area contributed by atoms with Crippen molar-refractivity contribution < 1.29 is 22.4 Å². The molecular formula is C24H30Cl2FN3O4S. The third kappa shape index (κ3) is 7.81. The molecule has 0 fully saturated rings. The van der Waals surface area contributed by atoms with Crippen molar-refractivity contribution in [3.8, 4) is 0 Å². The molecule has 7 nitrogen and oxygen atoms in total. The zero-order valence-corrected chi connectivity index (χ0v) is 22.4. The first-order chi connectivity index (χ1) is 16.4. The van der Waals surface area contributed by atoms with Crippen LogP contribution in [0.5, 0.6) is 0 Å². The quantitative estimate of drug-likeness (QED) is 0.446. The molecule has 2 atom stereocenters. The Morgan fingerprint density at radius 2 is 1.71 bits per heavy atom. The average Bonchev–Trinajstić information content (AvgIpc) is 2.79. The highest BCUT2D eigenvalue weighted by molar-refractivity contribution is 7.92. The number of para-hydroxylation sites is 1. The smallest absolute Gasteiger partial charge is 0.244 e. The van der Waals surface area contributed by atoms with Gasteiger partial charge in [0, 0.05) is 12.6 Å². The van der Waals surface area contributed by atoms with Gasteiger partial charge in [-0.25, -0.2) is 12.8 Å². The largest absolute Gasteiger partial charge is 0.352 e. The Morgan fingerprint density at radius 3 is 2.26 bits per heavy atom. The van der Waals surface area contributed by atoms with Gasteiger partial charge in [0.05, 0.1) is 22.0 Å². The normalized spacial score (nSPS) is 13.1. The van der Waals surface area contributed by atoms with Gasteiger partial charge in [-0.05, 0) is 49.6 Å². The summed E-state index contributed by atoms with van der Waals surface area (Å²) in [5.74, 6) is -1.83. The fourth-order valence-corrected chi connectivity index (χ4v) is 4.62. The summed E-state index contributed by atoms with van der Waals surface area (Å²) in [6.45, 7) is 4.80. The fourth-order valence-electron chi connectivity index (χ4n) is 3.44. The number of amides is 2. The first-order valence-corrected chi connectivity index (χ1v) is 13.7. The predicted molar refractivity (Wildman–Crippen MR) is 138 cm³/mol. The summed E-state index contributed by atoms with van der Waals surface area (Å²) in [4.78, 5) is 27.9. The van der Waals surface area contributed by atoms with E-state index in [0.717, 1.165) is 12.3 Å². The molecule has 192 valence electrons. The van der Waals surface area contributed by atoms with Gasteiger partial charge in [0.15, 0.2) is 0 Å². The van der Waals surface area contributed by atoms with Crippen LogP contribution in [0.4, 0.5) is 10.1 Å². The van der Waals surface area contributed by atoms with Gasteiger partial charge in [-0.2, -0.15) is 0 Å². The van der Waals surface area contributed by atoms with Gasteiger partial charge in [0.2, 0.25) is 21.8 Å². The molecule has 0 heterocycles. The first kappa shape index (κ1) is 28.9. The molecule has 1 N–H and O–H groups in total. The number of halogens is 3. The van der Waals surface area contributed by atoms with Crippen molar-refractivity contribution in [2.75, 3.05) is 17.1 Å². The second-order valence-electron chi connectivity index (χ2n) is 8.23. The molecule has 0 spiro atoms. The maximum absolute atomic E-state index is 14.5. The topological polar surface area (TPSA) is 86.8 Å². The lowest BCUT2D eigenvalue weighted by Crippen LogP contribution is -2.53. The molecule has 0 bridgehead atoms. The van der Waals surface area contributed by atoms with Gasteiger partial charge in [0.1, 0.15) is 18.4 Å². The van der Waals surface area contributed by atoms with Crippen LogP contribution in [-0.4, -0.2) is 50.0 Å². The summed E-state index contributed by atoms with van der Waals surface area (Å²) in [5, 5.41) is 3.48. The standard InChI is InChI=1S/C24H30Cl2FN3O4S/c1-5-16(3)28-24(32)21(6-2)29(14-17-11-12-18(25)19(26)13-17)23(31)15-30(35(4,33)34)22-10-8-7-9-20(22)27/h7-13,16,21H,5-6,14-15H2,1-4H3,(H,28,32)/t16-,21-/m0/s1. The second-order valence-corrected chi connectivity index (χ2v) is 11.0. The van der Waals surface area contributed by atoms with Crippen LogP contribution >= 0.6 is 23.2 Å². The Labute approximate surface area is 216 Å². The number of rotatable bonds is 11. The molecule has 0 aliphatic rings. The van der Waals surface area contributed by atoms with Crippen molar-refractivity contribution in [3.05, 3.63) is 63.9 Å². The molecule has 0 aliphatic heterocycles. The van der Waals surface area contributed by atoms with Gasteiger partial charge in [-0.15, -0.1) is 0 Å². The highest BCUT2D eigenvalue weighted by Gasteiger charge is 2.32. The minimum Gasteiger partial charge on any atom is -0.352 e.